The Kier molecular flexibility index (Phi) is 5.38. The number of amides is 1. The number of carbonyl (C=O) groups is 1. The van der Waals surface area contributed by atoms with Gasteiger partial charge in [-0.25, -0.2) is 4.98 Å². The van der Waals surface area contributed by atoms with E-state index in [1.54, 1.807) is 13.8 Å². The number of aromatic nitrogens is 1. The van der Waals surface area contributed by atoms with E-state index < -0.39 is 23.7 Å². The minimum absolute atomic E-state index is 0.0910. The van der Waals surface area contributed by atoms with Crippen molar-refractivity contribution in [2.24, 2.45) is 0 Å². The Morgan fingerprint density at radius 3 is 2.45 bits per heavy atom. The fourth-order valence-electron chi connectivity index (χ4n) is 1.45. The van der Waals surface area contributed by atoms with Crippen molar-refractivity contribution < 1.29 is 18.0 Å². The fourth-order valence-corrected chi connectivity index (χ4v) is 1.78. The lowest BCUT2D eigenvalue weighted by Crippen LogP contribution is -2.41. The molecule has 0 radical (unpaired) electrons. The first-order valence-electron chi connectivity index (χ1n) is 5.91. The molecule has 112 valence electrons. The van der Waals surface area contributed by atoms with Gasteiger partial charge in [0, 0.05) is 16.7 Å². The summed E-state index contributed by atoms with van der Waals surface area (Å²) in [4.78, 5) is 15.4. The second-order valence-electron chi connectivity index (χ2n) is 4.58. The maximum absolute atomic E-state index is 12.9. The van der Waals surface area contributed by atoms with Crippen molar-refractivity contribution in [1.82, 2.24) is 10.3 Å². The van der Waals surface area contributed by atoms with Crippen LogP contribution >= 0.6 is 15.9 Å². The molecule has 1 aromatic rings. The summed E-state index contributed by atoms with van der Waals surface area (Å²) in [6.45, 7) is 5.01. The van der Waals surface area contributed by atoms with Gasteiger partial charge in [-0.3, -0.25) is 4.79 Å². The van der Waals surface area contributed by atoms with Crippen molar-refractivity contribution in [3.63, 3.8) is 0 Å². The number of nitrogens with one attached hydrogen (secondary N) is 2. The van der Waals surface area contributed by atoms with Crippen molar-refractivity contribution in [3.05, 3.63) is 22.3 Å². The molecule has 0 aliphatic carbocycles. The minimum Gasteiger partial charge on any atom is -0.358 e. The molecule has 1 rings (SSSR count). The summed E-state index contributed by atoms with van der Waals surface area (Å²) >= 11 is 2.95. The van der Waals surface area contributed by atoms with Crippen molar-refractivity contribution in [2.75, 3.05) is 5.32 Å². The molecule has 0 aliphatic rings. The molecular formula is C12H15BrF3N3O. The fraction of sp³-hybridized carbons (Fsp3) is 0.500. The smallest absolute Gasteiger partial charge is 0.358 e. The Morgan fingerprint density at radius 1 is 1.35 bits per heavy atom. The summed E-state index contributed by atoms with van der Waals surface area (Å²) < 4.78 is 38.9. The minimum atomic E-state index is -4.55. The summed E-state index contributed by atoms with van der Waals surface area (Å²) in [6, 6.07) is 0.00136. The van der Waals surface area contributed by atoms with Crippen LogP contribution in [0.5, 0.6) is 0 Å². The maximum Gasteiger partial charge on any atom is 0.419 e. The molecule has 0 spiro atoms. The van der Waals surface area contributed by atoms with Gasteiger partial charge in [0.15, 0.2) is 0 Å². The highest BCUT2D eigenvalue weighted by atomic mass is 79.9. The Hall–Kier alpha value is -1.31. The second-order valence-corrected chi connectivity index (χ2v) is 5.49. The van der Waals surface area contributed by atoms with Gasteiger partial charge in [0.25, 0.3) is 0 Å². The van der Waals surface area contributed by atoms with Crippen LogP contribution in [0.4, 0.5) is 19.0 Å². The highest BCUT2D eigenvalue weighted by molar-refractivity contribution is 9.10. The van der Waals surface area contributed by atoms with Crippen LogP contribution in [0.15, 0.2) is 16.7 Å². The quantitative estimate of drug-likeness (QED) is 0.873. The second kappa shape index (κ2) is 6.43. The van der Waals surface area contributed by atoms with E-state index >= 15 is 0 Å². The van der Waals surface area contributed by atoms with Gasteiger partial charge in [0.05, 0.1) is 5.56 Å². The summed E-state index contributed by atoms with van der Waals surface area (Å²) in [5.74, 6) is -0.759. The first kappa shape index (κ1) is 16.7. The summed E-state index contributed by atoms with van der Waals surface area (Å²) in [5.41, 5.74) is -0.920. The zero-order chi connectivity index (χ0) is 15.5. The number of nitrogens with zero attached hydrogens (tertiary/aromatic N) is 1. The van der Waals surface area contributed by atoms with Crippen LogP contribution in [0.2, 0.25) is 0 Å². The molecule has 8 heteroatoms. The lowest BCUT2D eigenvalue weighted by atomic mass is 10.2. The SMILES string of the molecule is CC(C)NC(=O)C(C)Nc1ncc(Br)cc1C(F)(F)F. The average Bonchev–Trinajstić information content (AvgIpc) is 2.29. The molecule has 1 heterocycles. The van der Waals surface area contributed by atoms with Gasteiger partial charge in [-0.05, 0) is 42.8 Å². The molecule has 1 unspecified atom stereocenters. The lowest BCUT2D eigenvalue weighted by Gasteiger charge is -2.19. The number of pyridine rings is 1. The van der Waals surface area contributed by atoms with Gasteiger partial charge < -0.3 is 10.6 Å². The maximum atomic E-state index is 12.9. The number of rotatable bonds is 4. The standard InChI is InChI=1S/C12H15BrF3N3O/c1-6(2)18-11(20)7(3)19-10-9(12(14,15)16)4-8(13)5-17-10/h4-7H,1-3H3,(H,17,19)(H,18,20). The van der Waals surface area contributed by atoms with E-state index in [4.69, 9.17) is 0 Å². The van der Waals surface area contributed by atoms with Gasteiger partial charge in [0.1, 0.15) is 11.9 Å². The third-order valence-electron chi connectivity index (χ3n) is 2.34. The molecule has 2 N–H and O–H groups in total. The monoisotopic (exact) mass is 353 g/mol. The third kappa shape index (κ3) is 4.66. The normalized spacial score (nSPS) is 13.2. The third-order valence-corrected chi connectivity index (χ3v) is 2.77. The van der Waals surface area contributed by atoms with Gasteiger partial charge in [-0.1, -0.05) is 0 Å². The van der Waals surface area contributed by atoms with Crippen LogP contribution in [0.3, 0.4) is 0 Å². The van der Waals surface area contributed by atoms with E-state index in [9.17, 15) is 18.0 Å². The molecule has 0 saturated carbocycles. The van der Waals surface area contributed by atoms with Crippen molar-refractivity contribution in [2.45, 2.75) is 39.0 Å². The summed E-state index contributed by atoms with van der Waals surface area (Å²) in [5, 5.41) is 5.10. The highest BCUT2D eigenvalue weighted by Gasteiger charge is 2.35. The molecular weight excluding hydrogens is 339 g/mol. The van der Waals surface area contributed by atoms with E-state index in [-0.39, 0.29) is 16.3 Å². The van der Waals surface area contributed by atoms with E-state index in [1.165, 1.54) is 13.1 Å². The first-order chi connectivity index (χ1) is 9.11. The molecule has 1 amide bonds. The number of carbonyl (C=O) groups excluding carboxylic acids is 1. The van der Waals surface area contributed by atoms with Crippen molar-refractivity contribution >= 4 is 27.7 Å². The molecule has 0 aromatic carbocycles. The van der Waals surface area contributed by atoms with E-state index in [0.717, 1.165) is 6.07 Å². The van der Waals surface area contributed by atoms with Crippen LogP contribution < -0.4 is 10.6 Å². The zero-order valence-electron chi connectivity index (χ0n) is 11.2. The Bertz CT molecular complexity index is 491. The number of hydrogen-bond donors (Lipinski definition) is 2. The number of alkyl halides is 3. The van der Waals surface area contributed by atoms with Gasteiger partial charge in [-0.15, -0.1) is 0 Å². The van der Waals surface area contributed by atoms with Crippen LogP contribution in [-0.4, -0.2) is 23.0 Å². The number of halogens is 4. The first-order valence-corrected chi connectivity index (χ1v) is 6.70. The summed E-state index contributed by atoms with van der Waals surface area (Å²) in [6.07, 6.45) is -3.31. The Labute approximate surface area is 123 Å². The van der Waals surface area contributed by atoms with E-state index in [0.29, 0.717) is 0 Å². The predicted octanol–water partition coefficient (Wildman–Crippen LogP) is 3.19. The van der Waals surface area contributed by atoms with Crippen molar-refractivity contribution in [3.8, 4) is 0 Å². The molecule has 0 aliphatic heterocycles. The van der Waals surface area contributed by atoms with Crippen LogP contribution in [0, 0.1) is 0 Å². The Balaban J connectivity index is 2.95. The molecule has 1 atom stereocenters. The lowest BCUT2D eigenvalue weighted by molar-refractivity contribution is -0.137. The highest BCUT2D eigenvalue weighted by Crippen LogP contribution is 2.35. The molecule has 20 heavy (non-hydrogen) atoms. The van der Waals surface area contributed by atoms with Crippen LogP contribution in [0.25, 0.3) is 0 Å². The van der Waals surface area contributed by atoms with Crippen LogP contribution in [-0.2, 0) is 11.0 Å². The van der Waals surface area contributed by atoms with Gasteiger partial charge in [0.2, 0.25) is 5.91 Å². The molecule has 0 fully saturated rings. The average molecular weight is 354 g/mol. The molecule has 0 saturated heterocycles. The predicted molar refractivity (Wildman–Crippen MR) is 73.3 cm³/mol. The van der Waals surface area contributed by atoms with E-state index in [1.807, 2.05) is 0 Å². The largest absolute Gasteiger partial charge is 0.419 e. The molecule has 1 aromatic heterocycles. The zero-order valence-corrected chi connectivity index (χ0v) is 12.8. The number of anilines is 1. The summed E-state index contributed by atoms with van der Waals surface area (Å²) in [7, 11) is 0. The van der Waals surface area contributed by atoms with Gasteiger partial charge in [-0.2, -0.15) is 13.2 Å². The number of hydrogen-bond acceptors (Lipinski definition) is 3. The Morgan fingerprint density at radius 2 is 1.95 bits per heavy atom. The van der Waals surface area contributed by atoms with Crippen molar-refractivity contribution in [1.29, 1.82) is 0 Å². The topological polar surface area (TPSA) is 54.0 Å². The van der Waals surface area contributed by atoms with E-state index in [2.05, 4.69) is 31.5 Å². The molecule has 0 bridgehead atoms. The van der Waals surface area contributed by atoms with Gasteiger partial charge >= 0.3 is 6.18 Å². The molecule has 4 nitrogen and oxygen atoms in total. The van der Waals surface area contributed by atoms with Crippen LogP contribution in [0.1, 0.15) is 26.3 Å².